The molecule has 2 unspecified atom stereocenters. The van der Waals surface area contributed by atoms with E-state index in [-0.39, 0.29) is 16.9 Å². The molecule has 2 atom stereocenters. The van der Waals surface area contributed by atoms with E-state index >= 15 is 0 Å². The second-order valence-corrected chi connectivity index (χ2v) is 7.05. The van der Waals surface area contributed by atoms with Crippen LogP contribution in [-0.2, 0) is 14.3 Å². The van der Waals surface area contributed by atoms with Gasteiger partial charge in [-0.25, -0.2) is 4.79 Å². The van der Waals surface area contributed by atoms with Crippen molar-refractivity contribution in [3.05, 3.63) is 0 Å². The van der Waals surface area contributed by atoms with Gasteiger partial charge in [0.2, 0.25) is 0 Å². The summed E-state index contributed by atoms with van der Waals surface area (Å²) >= 11 is 0. The van der Waals surface area contributed by atoms with Crippen molar-refractivity contribution in [1.29, 1.82) is 0 Å². The first-order valence-electron chi connectivity index (χ1n) is 6.53. The predicted octanol–water partition coefficient (Wildman–Crippen LogP) is 2.07. The second-order valence-electron chi connectivity index (χ2n) is 7.05. The van der Waals surface area contributed by atoms with Crippen LogP contribution in [0.4, 0.5) is 0 Å². The maximum absolute atomic E-state index is 11.6. The molecule has 106 valence electrons. The van der Waals surface area contributed by atoms with Crippen molar-refractivity contribution < 1.29 is 14.3 Å². The van der Waals surface area contributed by atoms with Crippen LogP contribution < -0.4 is 0 Å². The molecular weight excluding hydrogens is 230 g/mol. The van der Waals surface area contributed by atoms with Crippen LogP contribution in [0.2, 0.25) is 0 Å². The van der Waals surface area contributed by atoms with Gasteiger partial charge in [-0.3, -0.25) is 4.90 Å². The van der Waals surface area contributed by atoms with Gasteiger partial charge in [-0.15, -0.1) is 0 Å². The minimum Gasteiger partial charge on any atom is -0.467 e. The van der Waals surface area contributed by atoms with E-state index in [4.69, 9.17) is 9.47 Å². The summed E-state index contributed by atoms with van der Waals surface area (Å²) in [4.78, 5) is 14.0. The van der Waals surface area contributed by atoms with E-state index < -0.39 is 6.10 Å². The standard InChI is InChI=1S/C14H27NO3/c1-13(2,3)11-9-18-10(12(16)17-7)8-15(11)14(4,5)6/h10-11H,8-9H2,1-7H3. The molecule has 4 nitrogen and oxygen atoms in total. The number of carbonyl (C=O) groups is 1. The topological polar surface area (TPSA) is 38.8 Å². The fraction of sp³-hybridized carbons (Fsp3) is 0.929. The third kappa shape index (κ3) is 3.45. The fourth-order valence-electron chi connectivity index (χ4n) is 2.39. The van der Waals surface area contributed by atoms with Crippen molar-refractivity contribution in [2.24, 2.45) is 5.41 Å². The highest BCUT2D eigenvalue weighted by atomic mass is 16.6. The van der Waals surface area contributed by atoms with Crippen LogP contribution in [0.3, 0.4) is 0 Å². The molecule has 0 radical (unpaired) electrons. The molecule has 1 aliphatic rings. The summed E-state index contributed by atoms with van der Waals surface area (Å²) in [5, 5.41) is 0. The normalized spacial score (nSPS) is 27.1. The summed E-state index contributed by atoms with van der Waals surface area (Å²) in [6.45, 7) is 14.3. The molecule has 0 N–H and O–H groups in total. The fourth-order valence-corrected chi connectivity index (χ4v) is 2.39. The van der Waals surface area contributed by atoms with Crippen molar-refractivity contribution >= 4 is 5.97 Å². The molecule has 1 rings (SSSR count). The summed E-state index contributed by atoms with van der Waals surface area (Å²) in [7, 11) is 1.41. The molecule has 0 aliphatic carbocycles. The Bertz CT molecular complexity index is 301. The van der Waals surface area contributed by atoms with Gasteiger partial charge in [0.15, 0.2) is 6.10 Å². The number of carbonyl (C=O) groups excluding carboxylic acids is 1. The highest BCUT2D eigenvalue weighted by Gasteiger charge is 2.43. The summed E-state index contributed by atoms with van der Waals surface area (Å²) < 4.78 is 10.5. The van der Waals surface area contributed by atoms with Crippen LogP contribution in [0, 0.1) is 5.41 Å². The van der Waals surface area contributed by atoms with E-state index in [0.717, 1.165) is 0 Å². The molecule has 0 spiro atoms. The van der Waals surface area contributed by atoms with Crippen molar-refractivity contribution in [1.82, 2.24) is 4.90 Å². The van der Waals surface area contributed by atoms with Crippen LogP contribution >= 0.6 is 0 Å². The van der Waals surface area contributed by atoms with E-state index in [1.165, 1.54) is 7.11 Å². The Morgan fingerprint density at radius 3 is 2.17 bits per heavy atom. The monoisotopic (exact) mass is 257 g/mol. The average molecular weight is 257 g/mol. The molecule has 18 heavy (non-hydrogen) atoms. The van der Waals surface area contributed by atoms with Gasteiger partial charge in [0.25, 0.3) is 0 Å². The first-order chi connectivity index (χ1) is 8.07. The van der Waals surface area contributed by atoms with Crippen molar-refractivity contribution in [2.75, 3.05) is 20.3 Å². The van der Waals surface area contributed by atoms with Gasteiger partial charge < -0.3 is 9.47 Å². The Labute approximate surface area is 111 Å². The van der Waals surface area contributed by atoms with Crippen LogP contribution in [-0.4, -0.2) is 48.8 Å². The zero-order valence-corrected chi connectivity index (χ0v) is 12.7. The first kappa shape index (κ1) is 15.4. The van der Waals surface area contributed by atoms with E-state index in [2.05, 4.69) is 46.4 Å². The summed E-state index contributed by atoms with van der Waals surface area (Å²) in [5.74, 6) is -0.281. The number of esters is 1. The molecule has 0 amide bonds. The zero-order chi connectivity index (χ0) is 14.1. The van der Waals surface area contributed by atoms with E-state index in [9.17, 15) is 4.79 Å². The van der Waals surface area contributed by atoms with Gasteiger partial charge >= 0.3 is 5.97 Å². The Hall–Kier alpha value is -0.610. The van der Waals surface area contributed by atoms with Gasteiger partial charge in [0, 0.05) is 18.1 Å². The highest BCUT2D eigenvalue weighted by Crippen LogP contribution is 2.33. The van der Waals surface area contributed by atoms with Crippen LogP contribution in [0.5, 0.6) is 0 Å². The lowest BCUT2D eigenvalue weighted by atomic mass is 9.82. The smallest absolute Gasteiger partial charge is 0.336 e. The molecule has 4 heteroatoms. The number of nitrogens with zero attached hydrogens (tertiary/aromatic N) is 1. The maximum atomic E-state index is 11.6. The summed E-state index contributed by atoms with van der Waals surface area (Å²) in [5.41, 5.74) is 0.127. The van der Waals surface area contributed by atoms with Crippen LogP contribution in [0.15, 0.2) is 0 Å². The van der Waals surface area contributed by atoms with E-state index in [1.807, 2.05) is 0 Å². The number of hydrogen-bond acceptors (Lipinski definition) is 4. The van der Waals surface area contributed by atoms with Crippen molar-refractivity contribution in [2.45, 2.75) is 59.2 Å². The van der Waals surface area contributed by atoms with Gasteiger partial charge in [-0.1, -0.05) is 20.8 Å². The lowest BCUT2D eigenvalue weighted by molar-refractivity contribution is -0.173. The lowest BCUT2D eigenvalue weighted by Crippen LogP contribution is -2.62. The molecule has 1 fully saturated rings. The number of morpholine rings is 1. The molecule has 1 heterocycles. The third-order valence-electron chi connectivity index (χ3n) is 3.52. The number of methoxy groups -OCH3 is 1. The SMILES string of the molecule is COC(=O)C1CN(C(C)(C)C)C(C(C)(C)C)CO1. The Balaban J connectivity index is 2.90. The third-order valence-corrected chi connectivity index (χ3v) is 3.52. The molecule has 0 saturated carbocycles. The van der Waals surface area contributed by atoms with Crippen LogP contribution in [0.25, 0.3) is 0 Å². The number of hydrogen-bond donors (Lipinski definition) is 0. The molecule has 0 bridgehead atoms. The number of rotatable bonds is 1. The minimum absolute atomic E-state index is 0.00793. The molecular formula is C14H27NO3. The van der Waals surface area contributed by atoms with E-state index in [0.29, 0.717) is 19.2 Å². The van der Waals surface area contributed by atoms with Crippen LogP contribution in [0.1, 0.15) is 41.5 Å². The second kappa shape index (κ2) is 5.17. The molecule has 0 aromatic heterocycles. The Morgan fingerprint density at radius 1 is 1.22 bits per heavy atom. The quantitative estimate of drug-likeness (QED) is 0.674. The molecule has 1 saturated heterocycles. The van der Waals surface area contributed by atoms with E-state index in [1.54, 1.807) is 0 Å². The van der Waals surface area contributed by atoms with Gasteiger partial charge in [-0.2, -0.15) is 0 Å². The average Bonchev–Trinajstić information content (AvgIpc) is 2.24. The predicted molar refractivity (Wildman–Crippen MR) is 71.5 cm³/mol. The van der Waals surface area contributed by atoms with Gasteiger partial charge in [0.1, 0.15) is 0 Å². The summed E-state index contributed by atoms with van der Waals surface area (Å²) in [6.07, 6.45) is -0.465. The van der Waals surface area contributed by atoms with Gasteiger partial charge in [0.05, 0.1) is 13.7 Å². The molecule has 1 aliphatic heterocycles. The molecule has 0 aromatic rings. The molecule has 0 aromatic carbocycles. The minimum atomic E-state index is -0.465. The largest absolute Gasteiger partial charge is 0.467 e. The Kier molecular flexibility index (Phi) is 4.44. The summed E-state index contributed by atoms with van der Waals surface area (Å²) in [6, 6.07) is 0.304. The first-order valence-corrected chi connectivity index (χ1v) is 6.53. The lowest BCUT2D eigenvalue weighted by Gasteiger charge is -2.51. The van der Waals surface area contributed by atoms with Crippen molar-refractivity contribution in [3.63, 3.8) is 0 Å². The highest BCUT2D eigenvalue weighted by molar-refractivity contribution is 5.75. The maximum Gasteiger partial charge on any atom is 0.336 e. The van der Waals surface area contributed by atoms with Crippen molar-refractivity contribution in [3.8, 4) is 0 Å². The Morgan fingerprint density at radius 2 is 1.78 bits per heavy atom. The number of ether oxygens (including phenoxy) is 2. The zero-order valence-electron chi connectivity index (χ0n) is 12.7. The van der Waals surface area contributed by atoms with Gasteiger partial charge in [-0.05, 0) is 26.2 Å².